The third kappa shape index (κ3) is 9.00. The van der Waals surface area contributed by atoms with E-state index in [0.29, 0.717) is 18.9 Å². The average molecular weight is 501 g/mol. The molecule has 1 fully saturated rings. The lowest BCUT2D eigenvalue weighted by molar-refractivity contribution is -0.274. The molecule has 27 heavy (non-hydrogen) atoms. The SMILES string of the molecule is CCNC(=NCCc1ccc(OC(F)(F)F)cc1)N(C)CC1CCOC1.I. The van der Waals surface area contributed by atoms with Gasteiger partial charge in [-0.25, -0.2) is 0 Å². The summed E-state index contributed by atoms with van der Waals surface area (Å²) in [6, 6.07) is 5.90. The van der Waals surface area contributed by atoms with Gasteiger partial charge in [-0.3, -0.25) is 4.99 Å². The third-order valence-corrected chi connectivity index (χ3v) is 4.07. The lowest BCUT2D eigenvalue weighted by Gasteiger charge is -2.24. The molecule has 9 heteroatoms. The van der Waals surface area contributed by atoms with Crippen molar-refractivity contribution in [2.75, 3.05) is 39.9 Å². The van der Waals surface area contributed by atoms with Gasteiger partial charge in [0.25, 0.3) is 0 Å². The minimum Gasteiger partial charge on any atom is -0.406 e. The van der Waals surface area contributed by atoms with Crippen LogP contribution in [-0.4, -0.2) is 57.1 Å². The minimum atomic E-state index is -4.67. The summed E-state index contributed by atoms with van der Waals surface area (Å²) in [5.74, 6) is 1.14. The number of hydrogen-bond acceptors (Lipinski definition) is 3. The number of benzene rings is 1. The van der Waals surface area contributed by atoms with Crippen molar-refractivity contribution in [3.05, 3.63) is 29.8 Å². The molecule has 0 saturated carbocycles. The van der Waals surface area contributed by atoms with Crippen LogP contribution in [0.25, 0.3) is 0 Å². The highest BCUT2D eigenvalue weighted by Crippen LogP contribution is 2.22. The second-order valence-electron chi connectivity index (χ2n) is 6.29. The summed E-state index contributed by atoms with van der Waals surface area (Å²) in [6.07, 6.45) is -2.96. The zero-order chi connectivity index (χ0) is 19.0. The average Bonchev–Trinajstić information content (AvgIpc) is 3.07. The number of halogens is 4. The molecule has 2 rings (SSSR count). The molecule has 1 aromatic carbocycles. The Balaban J connectivity index is 0.00000364. The van der Waals surface area contributed by atoms with Crippen LogP contribution in [0.3, 0.4) is 0 Å². The fourth-order valence-electron chi connectivity index (χ4n) is 2.82. The van der Waals surface area contributed by atoms with E-state index in [-0.39, 0.29) is 29.7 Å². The second-order valence-corrected chi connectivity index (χ2v) is 6.29. The fourth-order valence-corrected chi connectivity index (χ4v) is 2.82. The second kappa shape index (κ2) is 11.6. The topological polar surface area (TPSA) is 46.1 Å². The van der Waals surface area contributed by atoms with Gasteiger partial charge >= 0.3 is 6.36 Å². The fraction of sp³-hybridized carbons (Fsp3) is 0.611. The summed E-state index contributed by atoms with van der Waals surface area (Å²) in [5.41, 5.74) is 0.908. The lowest BCUT2D eigenvalue weighted by atomic mass is 10.1. The molecule has 0 aliphatic carbocycles. The molecule has 0 aromatic heterocycles. The van der Waals surface area contributed by atoms with E-state index in [0.717, 1.165) is 44.2 Å². The molecule has 1 aliphatic heterocycles. The molecule has 5 nitrogen and oxygen atoms in total. The first kappa shape index (κ1) is 23.8. The normalized spacial score (nSPS) is 17.4. The van der Waals surface area contributed by atoms with Gasteiger partial charge in [-0.15, -0.1) is 37.1 Å². The quantitative estimate of drug-likeness (QED) is 0.352. The van der Waals surface area contributed by atoms with E-state index >= 15 is 0 Å². The maximum atomic E-state index is 12.2. The Hall–Kier alpha value is -1.23. The summed E-state index contributed by atoms with van der Waals surface area (Å²) in [5, 5.41) is 3.27. The maximum absolute atomic E-state index is 12.2. The van der Waals surface area contributed by atoms with Crippen molar-refractivity contribution in [1.29, 1.82) is 0 Å². The summed E-state index contributed by atoms with van der Waals surface area (Å²) >= 11 is 0. The van der Waals surface area contributed by atoms with Crippen LogP contribution in [0, 0.1) is 5.92 Å². The highest BCUT2D eigenvalue weighted by Gasteiger charge is 2.30. The molecule has 0 bridgehead atoms. The van der Waals surface area contributed by atoms with Crippen molar-refractivity contribution in [2.45, 2.75) is 26.1 Å². The molecule has 1 aromatic rings. The predicted octanol–water partition coefficient (Wildman–Crippen LogP) is 3.68. The van der Waals surface area contributed by atoms with E-state index in [1.165, 1.54) is 12.1 Å². The van der Waals surface area contributed by atoms with Crippen LogP contribution in [0.15, 0.2) is 29.3 Å². The van der Waals surface area contributed by atoms with Crippen molar-refractivity contribution >= 4 is 29.9 Å². The van der Waals surface area contributed by atoms with Gasteiger partial charge < -0.3 is 19.7 Å². The van der Waals surface area contributed by atoms with Crippen molar-refractivity contribution in [3.8, 4) is 5.75 Å². The summed E-state index contributed by atoms with van der Waals surface area (Å²) in [4.78, 5) is 6.71. The molecular weight excluding hydrogens is 474 g/mol. The van der Waals surface area contributed by atoms with E-state index in [1.807, 2.05) is 14.0 Å². The zero-order valence-electron chi connectivity index (χ0n) is 15.6. The van der Waals surface area contributed by atoms with Crippen LogP contribution < -0.4 is 10.1 Å². The number of guanidine groups is 1. The molecule has 1 unspecified atom stereocenters. The lowest BCUT2D eigenvalue weighted by Crippen LogP contribution is -2.41. The Morgan fingerprint density at radius 1 is 1.33 bits per heavy atom. The third-order valence-electron chi connectivity index (χ3n) is 4.07. The Morgan fingerprint density at radius 2 is 2.04 bits per heavy atom. The number of rotatable bonds is 7. The number of hydrogen-bond donors (Lipinski definition) is 1. The predicted molar refractivity (Wildman–Crippen MR) is 110 cm³/mol. The van der Waals surface area contributed by atoms with Gasteiger partial charge in [-0.1, -0.05) is 12.1 Å². The van der Waals surface area contributed by atoms with Crippen LogP contribution in [-0.2, 0) is 11.2 Å². The molecular formula is C18H27F3IN3O2. The molecule has 154 valence electrons. The Labute approximate surface area is 175 Å². The smallest absolute Gasteiger partial charge is 0.406 e. The van der Waals surface area contributed by atoms with Gasteiger partial charge in [0.05, 0.1) is 6.61 Å². The van der Waals surface area contributed by atoms with Crippen molar-refractivity contribution in [1.82, 2.24) is 10.2 Å². The van der Waals surface area contributed by atoms with Gasteiger partial charge in [0, 0.05) is 39.2 Å². The van der Waals surface area contributed by atoms with Crippen molar-refractivity contribution in [3.63, 3.8) is 0 Å². The Bertz CT molecular complexity index is 576. The molecule has 1 N–H and O–H groups in total. The molecule has 1 atom stereocenters. The zero-order valence-corrected chi connectivity index (χ0v) is 17.9. The van der Waals surface area contributed by atoms with E-state index in [1.54, 1.807) is 12.1 Å². The van der Waals surface area contributed by atoms with E-state index in [4.69, 9.17) is 4.74 Å². The van der Waals surface area contributed by atoms with E-state index in [2.05, 4.69) is 19.9 Å². The molecule has 0 spiro atoms. The van der Waals surface area contributed by atoms with Crippen LogP contribution >= 0.6 is 24.0 Å². The van der Waals surface area contributed by atoms with Gasteiger partial charge in [-0.05, 0) is 37.5 Å². The van der Waals surface area contributed by atoms with E-state index in [9.17, 15) is 13.2 Å². The molecule has 0 amide bonds. The summed E-state index contributed by atoms with van der Waals surface area (Å²) in [6.45, 7) is 5.83. The number of nitrogens with one attached hydrogen (secondary N) is 1. The van der Waals surface area contributed by atoms with Crippen molar-refractivity contribution in [2.24, 2.45) is 10.9 Å². The van der Waals surface area contributed by atoms with Crippen LogP contribution in [0.2, 0.25) is 0 Å². The minimum absolute atomic E-state index is 0. The largest absolute Gasteiger partial charge is 0.573 e. The van der Waals surface area contributed by atoms with Crippen molar-refractivity contribution < 1.29 is 22.6 Å². The van der Waals surface area contributed by atoms with Crippen LogP contribution in [0.5, 0.6) is 5.75 Å². The van der Waals surface area contributed by atoms with Gasteiger partial charge in [0.2, 0.25) is 0 Å². The standard InChI is InChI=1S/C18H26F3N3O2.HI/c1-3-22-17(24(2)12-15-9-11-25-13-15)23-10-8-14-4-6-16(7-5-14)26-18(19,20)21;/h4-7,15H,3,8-13H2,1-2H3,(H,22,23);1H. The first-order valence-electron chi connectivity index (χ1n) is 8.79. The van der Waals surface area contributed by atoms with Gasteiger partial charge in [0.15, 0.2) is 5.96 Å². The molecule has 0 radical (unpaired) electrons. The maximum Gasteiger partial charge on any atom is 0.573 e. The first-order valence-corrected chi connectivity index (χ1v) is 8.79. The number of nitrogens with zero attached hydrogens (tertiary/aromatic N) is 2. The molecule has 1 saturated heterocycles. The monoisotopic (exact) mass is 501 g/mol. The highest BCUT2D eigenvalue weighted by atomic mass is 127. The number of alkyl halides is 3. The Morgan fingerprint density at radius 3 is 2.59 bits per heavy atom. The summed E-state index contributed by atoms with van der Waals surface area (Å²) in [7, 11) is 2.00. The number of aliphatic imine (C=N–C) groups is 1. The van der Waals surface area contributed by atoms with Gasteiger partial charge in [0.1, 0.15) is 5.75 Å². The van der Waals surface area contributed by atoms with E-state index < -0.39 is 6.36 Å². The number of ether oxygens (including phenoxy) is 2. The Kier molecular flexibility index (Phi) is 10.2. The molecule has 1 aliphatic rings. The highest BCUT2D eigenvalue weighted by molar-refractivity contribution is 14.0. The first-order chi connectivity index (χ1) is 12.4. The molecule has 1 heterocycles. The van der Waals surface area contributed by atoms with Crippen LogP contribution in [0.4, 0.5) is 13.2 Å². The van der Waals surface area contributed by atoms with Gasteiger partial charge in [-0.2, -0.15) is 0 Å². The van der Waals surface area contributed by atoms with Crippen LogP contribution in [0.1, 0.15) is 18.9 Å². The summed E-state index contributed by atoms with van der Waals surface area (Å²) < 4.78 is 45.8.